The number of rotatable bonds is 10. The van der Waals surface area contributed by atoms with Crippen LogP contribution in [0.3, 0.4) is 0 Å². The molecule has 0 aliphatic rings. The van der Waals surface area contributed by atoms with Crippen molar-refractivity contribution in [3.8, 4) is 0 Å². The molecular weight excluding hydrogens is 272 g/mol. The highest BCUT2D eigenvalue weighted by molar-refractivity contribution is 5.78. The lowest BCUT2D eigenvalue weighted by atomic mass is 9.82. The Hall–Kier alpha value is -1.30. The van der Waals surface area contributed by atoms with Gasteiger partial charge in [0.2, 0.25) is 0 Å². The first kappa shape index (κ1) is 19.7. The molecule has 21 heavy (non-hydrogen) atoms. The number of aliphatic hydroxyl groups is 1. The van der Waals surface area contributed by atoms with Gasteiger partial charge in [-0.05, 0) is 25.7 Å². The minimum atomic E-state index is -0.922. The Bertz CT molecular complexity index is 326. The first-order valence-corrected chi connectivity index (χ1v) is 7.81. The van der Waals surface area contributed by atoms with Crippen LogP contribution in [0.15, 0.2) is 0 Å². The molecule has 0 aliphatic heterocycles. The van der Waals surface area contributed by atoms with Gasteiger partial charge in [0.25, 0.3) is 0 Å². The minimum absolute atomic E-state index is 0.0552. The van der Waals surface area contributed by atoms with E-state index in [2.05, 4.69) is 5.32 Å². The topological polar surface area (TPSA) is 89.9 Å². The van der Waals surface area contributed by atoms with Crippen molar-refractivity contribution in [1.29, 1.82) is 0 Å². The minimum Gasteiger partial charge on any atom is -0.481 e. The fraction of sp³-hybridized carbons (Fsp3) is 0.867. The largest absolute Gasteiger partial charge is 0.481 e. The molecule has 0 saturated heterocycles. The van der Waals surface area contributed by atoms with Crippen LogP contribution in [-0.4, -0.2) is 52.9 Å². The van der Waals surface area contributed by atoms with E-state index in [9.17, 15) is 14.7 Å². The number of hydrogen-bond acceptors (Lipinski definition) is 3. The maximum atomic E-state index is 12.3. The highest BCUT2D eigenvalue weighted by atomic mass is 16.4. The smallest absolute Gasteiger partial charge is 0.317 e. The maximum Gasteiger partial charge on any atom is 0.317 e. The first-order valence-electron chi connectivity index (χ1n) is 7.81. The molecule has 2 amide bonds. The summed E-state index contributed by atoms with van der Waals surface area (Å²) in [4.78, 5) is 25.3. The fourth-order valence-corrected chi connectivity index (χ4v) is 2.51. The first-order chi connectivity index (χ1) is 9.92. The molecule has 0 heterocycles. The van der Waals surface area contributed by atoms with E-state index in [0.717, 1.165) is 12.8 Å². The third kappa shape index (κ3) is 5.19. The van der Waals surface area contributed by atoms with Crippen LogP contribution in [0, 0.1) is 5.41 Å². The number of hydrogen-bond donors (Lipinski definition) is 3. The van der Waals surface area contributed by atoms with Crippen LogP contribution in [0.5, 0.6) is 0 Å². The van der Waals surface area contributed by atoms with Crippen molar-refractivity contribution in [3.05, 3.63) is 0 Å². The number of carbonyl (C=O) groups is 2. The van der Waals surface area contributed by atoms with Gasteiger partial charge in [0.1, 0.15) is 0 Å². The van der Waals surface area contributed by atoms with Crippen molar-refractivity contribution in [2.75, 3.05) is 19.7 Å². The van der Waals surface area contributed by atoms with E-state index >= 15 is 0 Å². The third-order valence-corrected chi connectivity index (χ3v) is 4.37. The summed E-state index contributed by atoms with van der Waals surface area (Å²) in [5.41, 5.74) is -0.922. The summed E-state index contributed by atoms with van der Waals surface area (Å²) in [5, 5.41) is 21.2. The SMILES string of the molecule is CCC(CC)N(CCO)C(=O)NCC(CC)(CC)C(=O)O. The van der Waals surface area contributed by atoms with Crippen LogP contribution in [0.2, 0.25) is 0 Å². The lowest BCUT2D eigenvalue weighted by molar-refractivity contribution is -0.149. The Morgan fingerprint density at radius 3 is 2.00 bits per heavy atom. The molecule has 0 radical (unpaired) electrons. The highest BCUT2D eigenvalue weighted by Gasteiger charge is 2.35. The van der Waals surface area contributed by atoms with E-state index in [4.69, 9.17) is 5.11 Å². The van der Waals surface area contributed by atoms with Gasteiger partial charge < -0.3 is 20.4 Å². The molecule has 0 atom stereocenters. The van der Waals surface area contributed by atoms with Crippen molar-refractivity contribution in [1.82, 2.24) is 10.2 Å². The van der Waals surface area contributed by atoms with Gasteiger partial charge in [-0.25, -0.2) is 4.79 Å². The molecule has 0 rings (SSSR count). The zero-order valence-corrected chi connectivity index (χ0v) is 13.7. The number of urea groups is 1. The molecule has 3 N–H and O–H groups in total. The summed E-state index contributed by atoms with van der Waals surface area (Å²) in [6, 6.07) is -0.245. The number of aliphatic carboxylic acids is 1. The number of amides is 2. The molecule has 6 nitrogen and oxygen atoms in total. The summed E-state index contributed by atoms with van der Waals surface area (Å²) in [6.07, 6.45) is 2.53. The normalized spacial score (nSPS) is 11.5. The molecule has 0 spiro atoms. The number of nitrogens with one attached hydrogen (secondary N) is 1. The van der Waals surface area contributed by atoms with Crippen LogP contribution < -0.4 is 5.32 Å². The second kappa shape index (κ2) is 9.60. The van der Waals surface area contributed by atoms with E-state index in [1.54, 1.807) is 4.90 Å². The Kier molecular flexibility index (Phi) is 9.01. The molecule has 6 heteroatoms. The zero-order chi connectivity index (χ0) is 16.5. The maximum absolute atomic E-state index is 12.3. The van der Waals surface area contributed by atoms with Crippen LogP contribution in [0.4, 0.5) is 4.79 Å². The molecule has 0 aromatic rings. The van der Waals surface area contributed by atoms with Crippen molar-refractivity contribution in [2.24, 2.45) is 5.41 Å². The van der Waals surface area contributed by atoms with Crippen molar-refractivity contribution >= 4 is 12.0 Å². The molecule has 0 saturated carbocycles. The van der Waals surface area contributed by atoms with Gasteiger partial charge in [0.05, 0.1) is 12.0 Å². The Balaban J connectivity index is 4.86. The van der Waals surface area contributed by atoms with Gasteiger partial charge in [-0.15, -0.1) is 0 Å². The predicted molar refractivity (Wildman–Crippen MR) is 82.2 cm³/mol. The van der Waals surface area contributed by atoms with Crippen molar-refractivity contribution in [3.63, 3.8) is 0 Å². The third-order valence-electron chi connectivity index (χ3n) is 4.37. The van der Waals surface area contributed by atoms with Crippen molar-refractivity contribution in [2.45, 2.75) is 59.4 Å². The Morgan fingerprint density at radius 2 is 1.67 bits per heavy atom. The highest BCUT2D eigenvalue weighted by Crippen LogP contribution is 2.25. The van der Waals surface area contributed by atoms with Gasteiger partial charge >= 0.3 is 12.0 Å². The standard InChI is InChI=1S/C15H30N2O4/c1-5-12(6-2)17(9-10-18)14(21)16-11-15(7-3,8-4)13(19)20/h12,18H,5-11H2,1-4H3,(H,16,21)(H,19,20). The van der Waals surface area contributed by atoms with Gasteiger partial charge in [-0.2, -0.15) is 0 Å². The predicted octanol–water partition coefficient (Wildman–Crippen LogP) is 2.07. The average molecular weight is 302 g/mol. The number of nitrogens with zero attached hydrogens (tertiary/aromatic N) is 1. The summed E-state index contributed by atoms with van der Waals surface area (Å²) >= 11 is 0. The molecule has 0 aromatic carbocycles. The molecule has 124 valence electrons. The lowest BCUT2D eigenvalue weighted by Crippen LogP contribution is -2.51. The lowest BCUT2D eigenvalue weighted by Gasteiger charge is -2.32. The zero-order valence-electron chi connectivity index (χ0n) is 13.7. The summed E-state index contributed by atoms with van der Waals surface area (Å²) in [7, 11) is 0. The quantitative estimate of drug-likeness (QED) is 0.576. The van der Waals surface area contributed by atoms with Crippen LogP contribution >= 0.6 is 0 Å². The van der Waals surface area contributed by atoms with Gasteiger partial charge in [0.15, 0.2) is 0 Å². The van der Waals surface area contributed by atoms with Gasteiger partial charge in [-0.3, -0.25) is 4.79 Å². The molecule has 0 fully saturated rings. The average Bonchev–Trinajstić information content (AvgIpc) is 2.48. The molecule has 0 aromatic heterocycles. The van der Waals surface area contributed by atoms with E-state index in [1.807, 2.05) is 27.7 Å². The van der Waals surface area contributed by atoms with Crippen LogP contribution in [-0.2, 0) is 4.79 Å². The second-order valence-electron chi connectivity index (χ2n) is 5.34. The number of carboxylic acids is 1. The fourth-order valence-electron chi connectivity index (χ4n) is 2.51. The van der Waals surface area contributed by atoms with E-state index in [-0.39, 0.29) is 31.8 Å². The van der Waals surface area contributed by atoms with Crippen LogP contribution in [0.25, 0.3) is 0 Å². The monoisotopic (exact) mass is 302 g/mol. The van der Waals surface area contributed by atoms with E-state index < -0.39 is 11.4 Å². The van der Waals surface area contributed by atoms with Gasteiger partial charge in [0, 0.05) is 19.1 Å². The summed E-state index contributed by atoms with van der Waals surface area (Å²) in [5.74, 6) is -0.885. The van der Waals surface area contributed by atoms with E-state index in [0.29, 0.717) is 12.8 Å². The molecular formula is C15H30N2O4. The second-order valence-corrected chi connectivity index (χ2v) is 5.34. The molecule has 0 unspecified atom stereocenters. The Labute approximate surface area is 127 Å². The summed E-state index contributed by atoms with van der Waals surface area (Å²) < 4.78 is 0. The number of carbonyl (C=O) groups excluding carboxylic acids is 1. The van der Waals surface area contributed by atoms with Crippen molar-refractivity contribution < 1.29 is 19.8 Å². The van der Waals surface area contributed by atoms with E-state index in [1.165, 1.54) is 0 Å². The molecule has 0 bridgehead atoms. The number of aliphatic hydroxyl groups excluding tert-OH is 1. The van der Waals surface area contributed by atoms with Gasteiger partial charge in [-0.1, -0.05) is 27.7 Å². The Morgan fingerprint density at radius 1 is 1.14 bits per heavy atom. The number of carboxylic acid groups (broad SMARTS) is 1. The van der Waals surface area contributed by atoms with Crippen LogP contribution in [0.1, 0.15) is 53.4 Å². The summed E-state index contributed by atoms with van der Waals surface area (Å²) in [6.45, 7) is 7.88. The molecule has 0 aliphatic carbocycles.